The number of H-pyrrole nitrogens is 1. The van der Waals surface area contributed by atoms with E-state index in [4.69, 9.17) is 10.5 Å². The van der Waals surface area contributed by atoms with E-state index in [-0.39, 0.29) is 11.4 Å². The molecule has 7 nitrogen and oxygen atoms in total. The molecular formula is C27H27N5O2. The number of aromatic nitrogens is 1. The van der Waals surface area contributed by atoms with Crippen molar-refractivity contribution >= 4 is 11.7 Å². The van der Waals surface area contributed by atoms with E-state index >= 15 is 0 Å². The molecule has 4 N–H and O–H groups in total. The Morgan fingerprint density at radius 2 is 1.88 bits per heavy atom. The Balaban J connectivity index is 1.55. The lowest BCUT2D eigenvalue weighted by Crippen LogP contribution is -2.49. The van der Waals surface area contributed by atoms with Crippen LogP contribution in [-0.4, -0.2) is 42.2 Å². The van der Waals surface area contributed by atoms with Crippen molar-refractivity contribution in [2.45, 2.75) is 18.3 Å². The van der Waals surface area contributed by atoms with E-state index in [1.165, 1.54) is 16.7 Å². The van der Waals surface area contributed by atoms with Gasteiger partial charge in [-0.05, 0) is 47.2 Å². The molecule has 3 aliphatic rings. The van der Waals surface area contributed by atoms with Crippen LogP contribution in [0.15, 0.2) is 77.7 Å². The predicted molar refractivity (Wildman–Crippen MR) is 129 cm³/mol. The molecule has 0 unspecified atom stereocenters. The van der Waals surface area contributed by atoms with Gasteiger partial charge in [-0.1, -0.05) is 42.5 Å². The number of hydrogen-bond acceptors (Lipinski definition) is 4. The number of nitrogens with two attached hydrogens (primary N) is 1. The third kappa shape index (κ3) is 3.49. The highest BCUT2D eigenvalue weighted by Crippen LogP contribution is 2.40. The summed E-state index contributed by atoms with van der Waals surface area (Å²) in [5, 5.41) is 4.08. The van der Waals surface area contributed by atoms with Gasteiger partial charge in [-0.2, -0.15) is 0 Å². The standard InChI is InChI=1S/C27H27N5O2/c28-24-18-6-3-7-21(12-18)27(13-19-4-1-2-5-20(19)14-27)17-31-26(33)32-10-11-34-16-22(32)15-30-25-23(24)8-9-29-25/h1-9,12,15H,10-11,13-14,16-17,28H2,(H,29,30)(H,31,33)/b22-15+,24-23-. The van der Waals surface area contributed by atoms with Gasteiger partial charge >= 0.3 is 6.03 Å². The Hall–Kier alpha value is -3.84. The fourth-order valence-corrected chi connectivity index (χ4v) is 5.35. The third-order valence-electron chi connectivity index (χ3n) is 7.20. The van der Waals surface area contributed by atoms with E-state index in [0.29, 0.717) is 37.5 Å². The molecule has 3 heterocycles. The van der Waals surface area contributed by atoms with E-state index in [1.54, 1.807) is 11.1 Å². The van der Waals surface area contributed by atoms with Crippen LogP contribution in [0.4, 0.5) is 4.79 Å². The largest absolute Gasteiger partial charge is 0.398 e. The second-order valence-corrected chi connectivity index (χ2v) is 9.25. The van der Waals surface area contributed by atoms with Crippen LogP contribution in [0.2, 0.25) is 0 Å². The zero-order chi connectivity index (χ0) is 23.1. The number of aromatic amines is 1. The fourth-order valence-electron chi connectivity index (χ4n) is 5.35. The van der Waals surface area contributed by atoms with E-state index in [2.05, 4.69) is 57.8 Å². The summed E-state index contributed by atoms with van der Waals surface area (Å²) in [7, 11) is 0. The second kappa shape index (κ2) is 8.18. The molecule has 2 amide bonds. The predicted octanol–water partition coefficient (Wildman–Crippen LogP) is 1.68. The normalized spacial score (nSPS) is 23.4. The minimum Gasteiger partial charge on any atom is -0.398 e. The van der Waals surface area contributed by atoms with Crippen LogP contribution < -0.4 is 21.8 Å². The van der Waals surface area contributed by atoms with Crippen LogP contribution in [0.3, 0.4) is 0 Å². The molecule has 1 fully saturated rings. The molecule has 6 rings (SSSR count). The number of urea groups is 1. The molecule has 7 heteroatoms. The van der Waals surface area contributed by atoms with Gasteiger partial charge in [-0.25, -0.2) is 9.79 Å². The summed E-state index contributed by atoms with van der Waals surface area (Å²) in [5.41, 5.74) is 13.3. The van der Waals surface area contributed by atoms with Gasteiger partial charge in [0.05, 0.1) is 31.7 Å². The molecule has 2 bridgehead atoms. The van der Waals surface area contributed by atoms with Gasteiger partial charge in [-0.3, -0.25) is 4.90 Å². The molecule has 1 aliphatic carbocycles. The number of carbonyl (C=O) groups excluding carboxylic acids is 1. The summed E-state index contributed by atoms with van der Waals surface area (Å²) >= 11 is 0. The maximum atomic E-state index is 13.3. The molecule has 3 aromatic rings. The Morgan fingerprint density at radius 3 is 2.71 bits per heavy atom. The SMILES string of the molecule is N/C1=c2/cc[nH]/c2=N/C=C2\COCCN2C(=O)NCC2(Cc3ccccc3C2)c2cccc1c2. The lowest BCUT2D eigenvalue weighted by Gasteiger charge is -2.34. The van der Waals surface area contributed by atoms with Crippen molar-refractivity contribution in [3.63, 3.8) is 0 Å². The van der Waals surface area contributed by atoms with Gasteiger partial charge in [-0.15, -0.1) is 0 Å². The Morgan fingerprint density at radius 1 is 1.06 bits per heavy atom. The Bertz CT molecular complexity index is 1400. The number of carbonyl (C=O) groups is 1. The zero-order valence-corrected chi connectivity index (χ0v) is 18.9. The highest BCUT2D eigenvalue weighted by Gasteiger charge is 2.39. The topological polar surface area (TPSA) is 95.7 Å². The number of fused-ring (bicyclic) bond motifs is 6. The molecule has 0 saturated carbocycles. The molecule has 0 radical (unpaired) electrons. The first kappa shape index (κ1) is 20.7. The third-order valence-corrected chi connectivity index (χ3v) is 7.20. The highest BCUT2D eigenvalue weighted by molar-refractivity contribution is 5.76. The summed E-state index contributed by atoms with van der Waals surface area (Å²) < 4.78 is 5.63. The maximum absolute atomic E-state index is 13.3. The molecular weight excluding hydrogens is 426 g/mol. The van der Waals surface area contributed by atoms with Crippen LogP contribution >= 0.6 is 0 Å². The van der Waals surface area contributed by atoms with Crippen molar-refractivity contribution in [2.24, 2.45) is 10.7 Å². The quantitative estimate of drug-likeness (QED) is 0.483. The Labute approximate surface area is 197 Å². The number of ether oxygens (including phenoxy) is 1. The van der Waals surface area contributed by atoms with Crippen LogP contribution in [0.25, 0.3) is 5.70 Å². The first-order valence-electron chi connectivity index (χ1n) is 11.6. The van der Waals surface area contributed by atoms with Crippen molar-refractivity contribution in [3.8, 4) is 0 Å². The average molecular weight is 454 g/mol. The van der Waals surface area contributed by atoms with Crippen molar-refractivity contribution in [3.05, 3.63) is 106 Å². The zero-order valence-electron chi connectivity index (χ0n) is 18.9. The molecule has 2 aliphatic heterocycles. The Kier molecular flexibility index (Phi) is 4.99. The van der Waals surface area contributed by atoms with Crippen molar-refractivity contribution in [1.82, 2.24) is 15.2 Å². The average Bonchev–Trinajstić information content (AvgIpc) is 3.50. The van der Waals surface area contributed by atoms with Gasteiger partial charge in [0.1, 0.15) is 5.49 Å². The van der Waals surface area contributed by atoms with Gasteiger partial charge in [0, 0.05) is 29.1 Å². The molecule has 1 spiro atoms. The summed E-state index contributed by atoms with van der Waals surface area (Å²) in [5.74, 6) is 0. The second-order valence-electron chi connectivity index (χ2n) is 9.25. The van der Waals surface area contributed by atoms with E-state index in [9.17, 15) is 4.79 Å². The molecule has 2 aromatic carbocycles. The number of rotatable bonds is 0. The van der Waals surface area contributed by atoms with Crippen LogP contribution in [0.5, 0.6) is 0 Å². The fraction of sp³-hybridized carbons (Fsp3) is 0.259. The number of morpholine rings is 1. The molecule has 0 atom stereocenters. The first-order valence-corrected chi connectivity index (χ1v) is 11.6. The van der Waals surface area contributed by atoms with Gasteiger partial charge in [0.25, 0.3) is 0 Å². The maximum Gasteiger partial charge on any atom is 0.321 e. The lowest BCUT2D eigenvalue weighted by atomic mass is 9.77. The smallest absolute Gasteiger partial charge is 0.321 e. The summed E-state index contributed by atoms with van der Waals surface area (Å²) in [6, 6.07) is 18.8. The highest BCUT2D eigenvalue weighted by atomic mass is 16.5. The minimum atomic E-state index is -0.249. The van der Waals surface area contributed by atoms with E-state index < -0.39 is 0 Å². The van der Waals surface area contributed by atoms with E-state index in [1.807, 2.05) is 18.3 Å². The minimum absolute atomic E-state index is 0.119. The monoisotopic (exact) mass is 453 g/mol. The lowest BCUT2D eigenvalue weighted by molar-refractivity contribution is 0.0834. The first-order chi connectivity index (χ1) is 16.6. The van der Waals surface area contributed by atoms with Crippen LogP contribution in [0.1, 0.15) is 22.3 Å². The molecule has 34 heavy (non-hydrogen) atoms. The number of hydrogen-bond donors (Lipinski definition) is 3. The number of nitrogens with one attached hydrogen (secondary N) is 2. The number of amides is 2. The van der Waals surface area contributed by atoms with Crippen molar-refractivity contribution < 1.29 is 9.53 Å². The van der Waals surface area contributed by atoms with Crippen molar-refractivity contribution in [2.75, 3.05) is 26.3 Å². The van der Waals surface area contributed by atoms with Gasteiger partial charge in [0.15, 0.2) is 0 Å². The summed E-state index contributed by atoms with van der Waals surface area (Å²) in [6.07, 6.45) is 5.26. The van der Waals surface area contributed by atoms with Crippen LogP contribution in [-0.2, 0) is 23.0 Å². The van der Waals surface area contributed by atoms with Gasteiger partial charge < -0.3 is 20.8 Å². The van der Waals surface area contributed by atoms with Crippen LogP contribution in [0, 0.1) is 0 Å². The van der Waals surface area contributed by atoms with Crippen molar-refractivity contribution in [1.29, 1.82) is 0 Å². The molecule has 1 aromatic heterocycles. The summed E-state index contributed by atoms with van der Waals surface area (Å²) in [6.45, 7) is 1.85. The summed E-state index contributed by atoms with van der Waals surface area (Å²) in [4.78, 5) is 22.9. The number of benzene rings is 2. The van der Waals surface area contributed by atoms with E-state index in [0.717, 1.165) is 29.3 Å². The number of nitrogens with zero attached hydrogens (tertiary/aromatic N) is 2. The van der Waals surface area contributed by atoms with Gasteiger partial charge in [0.2, 0.25) is 0 Å². The molecule has 1 saturated heterocycles. The molecule has 172 valence electrons.